The van der Waals surface area contributed by atoms with E-state index < -0.39 is 0 Å². The zero-order valence-corrected chi connectivity index (χ0v) is 18.2. The first-order valence-electron chi connectivity index (χ1n) is 10.8. The van der Waals surface area contributed by atoms with Crippen LogP contribution in [-0.4, -0.2) is 49.3 Å². The third-order valence-electron chi connectivity index (χ3n) is 5.67. The second-order valence-corrected chi connectivity index (χ2v) is 7.96. The second-order valence-electron chi connectivity index (χ2n) is 7.96. The summed E-state index contributed by atoms with van der Waals surface area (Å²) in [5.74, 6) is 0.749. The van der Waals surface area contributed by atoms with Crippen LogP contribution in [0.15, 0.2) is 59.1 Å². The molecule has 1 amide bonds. The van der Waals surface area contributed by atoms with Crippen molar-refractivity contribution in [2.75, 3.05) is 38.3 Å². The number of aromatic nitrogens is 1. The quantitative estimate of drug-likeness (QED) is 0.537. The lowest BCUT2D eigenvalue weighted by atomic mass is 10.0. The van der Waals surface area contributed by atoms with Gasteiger partial charge < -0.3 is 19.1 Å². The summed E-state index contributed by atoms with van der Waals surface area (Å²) in [5.41, 5.74) is 4.57. The van der Waals surface area contributed by atoms with Gasteiger partial charge >= 0.3 is 0 Å². The topological polar surface area (TPSA) is 58.8 Å². The van der Waals surface area contributed by atoms with E-state index in [1.54, 1.807) is 7.11 Å². The number of anilines is 1. The van der Waals surface area contributed by atoms with Gasteiger partial charge in [0.15, 0.2) is 0 Å². The van der Waals surface area contributed by atoms with E-state index in [1.807, 2.05) is 47.4 Å². The first-order valence-corrected chi connectivity index (χ1v) is 10.8. The SMILES string of the molecule is COCCN(Cc1c(-c2cccc(C)c2)noc1N1CCCC1)C(=O)c1ccccc1. The first kappa shape index (κ1) is 21.1. The summed E-state index contributed by atoms with van der Waals surface area (Å²) in [5, 5.41) is 4.45. The molecular formula is C25H29N3O3. The Morgan fingerprint density at radius 1 is 1.13 bits per heavy atom. The summed E-state index contributed by atoms with van der Waals surface area (Å²) < 4.78 is 11.2. The van der Waals surface area contributed by atoms with E-state index in [0.29, 0.717) is 25.3 Å². The van der Waals surface area contributed by atoms with Crippen molar-refractivity contribution >= 4 is 11.8 Å². The van der Waals surface area contributed by atoms with E-state index in [0.717, 1.165) is 54.2 Å². The van der Waals surface area contributed by atoms with Gasteiger partial charge in [-0.15, -0.1) is 0 Å². The van der Waals surface area contributed by atoms with Crippen molar-refractivity contribution in [3.05, 3.63) is 71.3 Å². The van der Waals surface area contributed by atoms with Crippen LogP contribution in [0.2, 0.25) is 0 Å². The number of ether oxygens (including phenoxy) is 1. The predicted octanol–water partition coefficient (Wildman–Crippen LogP) is 4.54. The van der Waals surface area contributed by atoms with Crippen molar-refractivity contribution in [1.29, 1.82) is 0 Å². The van der Waals surface area contributed by atoms with Crippen LogP contribution in [0.3, 0.4) is 0 Å². The fourth-order valence-corrected chi connectivity index (χ4v) is 4.04. The minimum absolute atomic E-state index is 0.0265. The molecule has 6 nitrogen and oxygen atoms in total. The zero-order valence-electron chi connectivity index (χ0n) is 18.2. The number of methoxy groups -OCH3 is 1. The molecule has 6 heteroatoms. The summed E-state index contributed by atoms with van der Waals surface area (Å²) in [7, 11) is 1.65. The van der Waals surface area contributed by atoms with Crippen LogP contribution in [0.4, 0.5) is 5.88 Å². The van der Waals surface area contributed by atoms with Crippen LogP contribution in [0, 0.1) is 6.92 Å². The molecule has 1 aliphatic heterocycles. The molecular weight excluding hydrogens is 390 g/mol. The molecule has 1 saturated heterocycles. The molecule has 3 aromatic rings. The summed E-state index contributed by atoms with van der Waals surface area (Å²) in [6, 6.07) is 17.6. The molecule has 0 spiro atoms. The predicted molar refractivity (Wildman–Crippen MR) is 121 cm³/mol. The van der Waals surface area contributed by atoms with Gasteiger partial charge in [0.25, 0.3) is 5.91 Å². The maximum Gasteiger partial charge on any atom is 0.254 e. The van der Waals surface area contributed by atoms with Gasteiger partial charge in [0, 0.05) is 37.9 Å². The van der Waals surface area contributed by atoms with Gasteiger partial charge in [-0.1, -0.05) is 47.1 Å². The Morgan fingerprint density at radius 2 is 1.90 bits per heavy atom. The van der Waals surface area contributed by atoms with Gasteiger partial charge in [-0.05, 0) is 38.0 Å². The van der Waals surface area contributed by atoms with Gasteiger partial charge in [-0.2, -0.15) is 0 Å². The van der Waals surface area contributed by atoms with Crippen LogP contribution in [-0.2, 0) is 11.3 Å². The third kappa shape index (κ3) is 4.80. The number of nitrogens with zero attached hydrogens (tertiary/aromatic N) is 3. The zero-order chi connectivity index (χ0) is 21.6. The molecule has 0 bridgehead atoms. The van der Waals surface area contributed by atoms with Crippen molar-refractivity contribution in [3.8, 4) is 11.3 Å². The molecule has 1 aliphatic rings. The van der Waals surface area contributed by atoms with Crippen LogP contribution >= 0.6 is 0 Å². The van der Waals surface area contributed by atoms with Gasteiger partial charge in [-0.3, -0.25) is 4.79 Å². The van der Waals surface area contributed by atoms with E-state index in [9.17, 15) is 4.79 Å². The molecule has 1 aromatic heterocycles. The lowest BCUT2D eigenvalue weighted by molar-refractivity contribution is 0.0681. The van der Waals surface area contributed by atoms with Crippen LogP contribution in [0.25, 0.3) is 11.3 Å². The highest BCUT2D eigenvalue weighted by molar-refractivity contribution is 5.94. The van der Waals surface area contributed by atoms with E-state index in [4.69, 9.17) is 9.26 Å². The van der Waals surface area contributed by atoms with Crippen molar-refractivity contribution in [1.82, 2.24) is 10.1 Å². The van der Waals surface area contributed by atoms with E-state index in [2.05, 4.69) is 29.1 Å². The van der Waals surface area contributed by atoms with Crippen LogP contribution in [0.1, 0.15) is 34.3 Å². The van der Waals surface area contributed by atoms with Gasteiger partial charge in [0.05, 0.1) is 18.7 Å². The number of amides is 1. The Hall–Kier alpha value is -3.12. The maximum atomic E-state index is 13.3. The minimum atomic E-state index is -0.0265. The van der Waals surface area contributed by atoms with Crippen LogP contribution < -0.4 is 4.90 Å². The number of carbonyl (C=O) groups is 1. The van der Waals surface area contributed by atoms with E-state index in [1.165, 1.54) is 0 Å². The summed E-state index contributed by atoms with van der Waals surface area (Å²) >= 11 is 0. The number of benzene rings is 2. The molecule has 0 aliphatic carbocycles. The highest BCUT2D eigenvalue weighted by atomic mass is 16.5. The Bertz CT molecular complexity index is 1010. The fourth-order valence-electron chi connectivity index (χ4n) is 4.04. The summed E-state index contributed by atoms with van der Waals surface area (Å²) in [6.45, 7) is 5.31. The minimum Gasteiger partial charge on any atom is -0.383 e. The van der Waals surface area contributed by atoms with Crippen molar-refractivity contribution in [3.63, 3.8) is 0 Å². The van der Waals surface area contributed by atoms with Gasteiger partial charge in [0.1, 0.15) is 5.69 Å². The smallest absolute Gasteiger partial charge is 0.254 e. The lowest BCUT2D eigenvalue weighted by Gasteiger charge is -2.24. The number of carbonyl (C=O) groups excluding carboxylic acids is 1. The monoisotopic (exact) mass is 419 g/mol. The summed E-state index contributed by atoms with van der Waals surface area (Å²) in [4.78, 5) is 17.4. The molecule has 0 saturated carbocycles. The number of hydrogen-bond donors (Lipinski definition) is 0. The Balaban J connectivity index is 1.72. The van der Waals surface area contributed by atoms with Crippen LogP contribution in [0.5, 0.6) is 0 Å². The molecule has 2 heterocycles. The highest BCUT2D eigenvalue weighted by Gasteiger charge is 2.28. The van der Waals surface area contributed by atoms with Crippen molar-refractivity contribution in [2.24, 2.45) is 0 Å². The summed E-state index contributed by atoms with van der Waals surface area (Å²) in [6.07, 6.45) is 2.27. The fraction of sp³-hybridized carbons (Fsp3) is 0.360. The number of rotatable bonds is 8. The first-order chi connectivity index (χ1) is 15.2. The van der Waals surface area contributed by atoms with Crippen molar-refractivity contribution < 1.29 is 14.1 Å². The second kappa shape index (κ2) is 9.79. The molecule has 0 unspecified atom stereocenters. The van der Waals surface area contributed by atoms with E-state index in [-0.39, 0.29) is 5.91 Å². The lowest BCUT2D eigenvalue weighted by Crippen LogP contribution is -2.34. The molecule has 31 heavy (non-hydrogen) atoms. The molecule has 162 valence electrons. The standard InChI is InChI=1S/C25H29N3O3/c1-19-9-8-12-21(17-19)23-22(25(31-26-23)27-13-6-7-14-27)18-28(15-16-30-2)24(29)20-10-4-3-5-11-20/h3-5,8-12,17H,6-7,13-16,18H2,1-2H3. The highest BCUT2D eigenvalue weighted by Crippen LogP contribution is 2.34. The van der Waals surface area contributed by atoms with E-state index >= 15 is 0 Å². The average Bonchev–Trinajstić information content (AvgIpc) is 3.46. The average molecular weight is 420 g/mol. The molecule has 4 rings (SSSR count). The van der Waals surface area contributed by atoms with Gasteiger partial charge in [-0.25, -0.2) is 0 Å². The Labute approximate surface area is 183 Å². The normalized spacial score (nSPS) is 13.5. The Morgan fingerprint density at radius 3 is 2.61 bits per heavy atom. The van der Waals surface area contributed by atoms with Crippen molar-refractivity contribution in [2.45, 2.75) is 26.3 Å². The molecule has 2 aromatic carbocycles. The molecule has 0 atom stereocenters. The number of hydrogen-bond acceptors (Lipinski definition) is 5. The number of aryl methyl sites for hydroxylation is 1. The Kier molecular flexibility index (Phi) is 6.67. The molecule has 0 radical (unpaired) electrons. The molecule has 0 N–H and O–H groups in total. The third-order valence-corrected chi connectivity index (χ3v) is 5.67. The maximum absolute atomic E-state index is 13.3. The molecule has 1 fully saturated rings. The van der Waals surface area contributed by atoms with Gasteiger partial charge in [0.2, 0.25) is 5.88 Å². The largest absolute Gasteiger partial charge is 0.383 e.